The van der Waals surface area contributed by atoms with Crippen LogP contribution in [0.1, 0.15) is 22.3 Å². The molecule has 2 aromatic rings. The van der Waals surface area contributed by atoms with Gasteiger partial charge in [-0.3, -0.25) is 4.79 Å². The van der Waals surface area contributed by atoms with Crippen LogP contribution >= 0.6 is 0 Å². The van der Waals surface area contributed by atoms with Gasteiger partial charge in [0.05, 0.1) is 0 Å². The maximum atomic E-state index is 12.1. The van der Waals surface area contributed by atoms with Crippen molar-refractivity contribution in [1.29, 1.82) is 0 Å². The summed E-state index contributed by atoms with van der Waals surface area (Å²) in [6, 6.07) is 17.9. The normalized spacial score (nSPS) is 10.2. The van der Waals surface area contributed by atoms with Crippen molar-refractivity contribution >= 4 is 11.6 Å². The van der Waals surface area contributed by atoms with Crippen LogP contribution in [-0.4, -0.2) is 26.0 Å². The first-order valence-electron chi connectivity index (χ1n) is 7.28. The molecule has 1 amide bonds. The number of aryl methyl sites for hydroxylation is 1. The summed E-state index contributed by atoms with van der Waals surface area (Å²) < 4.78 is 0. The fourth-order valence-corrected chi connectivity index (χ4v) is 2.25. The van der Waals surface area contributed by atoms with E-state index in [9.17, 15) is 4.79 Å². The van der Waals surface area contributed by atoms with Gasteiger partial charge < -0.3 is 10.2 Å². The second-order valence-electron chi connectivity index (χ2n) is 5.18. The molecule has 2 aromatic carbocycles. The van der Waals surface area contributed by atoms with Crippen LogP contribution in [0.5, 0.6) is 0 Å². The third-order valence-corrected chi connectivity index (χ3v) is 3.54. The molecule has 1 N–H and O–H groups in total. The molecule has 21 heavy (non-hydrogen) atoms. The predicted molar refractivity (Wildman–Crippen MR) is 87.8 cm³/mol. The molecule has 0 saturated heterocycles. The third-order valence-electron chi connectivity index (χ3n) is 3.54. The van der Waals surface area contributed by atoms with E-state index < -0.39 is 0 Å². The largest absolute Gasteiger partial charge is 0.375 e. The van der Waals surface area contributed by atoms with E-state index in [0.29, 0.717) is 6.54 Å². The number of anilines is 1. The quantitative estimate of drug-likeness (QED) is 0.825. The Morgan fingerprint density at radius 3 is 2.43 bits per heavy atom. The number of rotatable bonds is 6. The lowest BCUT2D eigenvalue weighted by Gasteiger charge is -2.19. The molecule has 0 aliphatic rings. The lowest BCUT2D eigenvalue weighted by Crippen LogP contribution is -2.28. The van der Waals surface area contributed by atoms with Gasteiger partial charge >= 0.3 is 0 Å². The van der Waals surface area contributed by atoms with Crippen molar-refractivity contribution < 1.29 is 4.79 Å². The van der Waals surface area contributed by atoms with E-state index in [-0.39, 0.29) is 5.91 Å². The van der Waals surface area contributed by atoms with Crippen LogP contribution in [0.25, 0.3) is 0 Å². The molecule has 0 saturated carbocycles. The van der Waals surface area contributed by atoms with Crippen molar-refractivity contribution in [2.24, 2.45) is 0 Å². The number of nitrogens with one attached hydrogen (secondary N) is 1. The van der Waals surface area contributed by atoms with E-state index in [2.05, 4.69) is 29.4 Å². The molecule has 0 aromatic heterocycles. The molecule has 0 radical (unpaired) electrons. The number of hydrogen-bond donors (Lipinski definition) is 1. The average molecular weight is 282 g/mol. The summed E-state index contributed by atoms with van der Waals surface area (Å²) in [5.74, 6) is 0.00969. The van der Waals surface area contributed by atoms with E-state index in [4.69, 9.17) is 0 Å². The average Bonchev–Trinajstić information content (AvgIpc) is 2.52. The Labute approximate surface area is 126 Å². The molecule has 0 unspecified atom stereocenters. The molecule has 0 spiro atoms. The first kappa shape index (κ1) is 15.1. The zero-order valence-electron chi connectivity index (χ0n) is 12.7. The number of carbonyl (C=O) groups excluding carboxylic acids is 1. The molecule has 110 valence electrons. The minimum absolute atomic E-state index is 0.00969. The molecule has 0 aliphatic carbocycles. The highest BCUT2D eigenvalue weighted by molar-refractivity contribution is 5.95. The van der Waals surface area contributed by atoms with Gasteiger partial charge in [0.1, 0.15) is 0 Å². The molecule has 2 rings (SSSR count). The lowest BCUT2D eigenvalue weighted by atomic mass is 10.1. The maximum absolute atomic E-state index is 12.1. The van der Waals surface area contributed by atoms with E-state index in [0.717, 1.165) is 24.1 Å². The summed E-state index contributed by atoms with van der Waals surface area (Å²) in [4.78, 5) is 14.2. The van der Waals surface area contributed by atoms with Crippen molar-refractivity contribution in [2.75, 3.05) is 25.0 Å². The van der Waals surface area contributed by atoms with Gasteiger partial charge in [-0.25, -0.2) is 0 Å². The van der Waals surface area contributed by atoms with Crippen molar-refractivity contribution in [1.82, 2.24) is 5.32 Å². The molecule has 3 heteroatoms. The maximum Gasteiger partial charge on any atom is 0.251 e. The van der Waals surface area contributed by atoms with Crippen LogP contribution in [0.4, 0.5) is 5.69 Å². The van der Waals surface area contributed by atoms with Crippen molar-refractivity contribution in [3.8, 4) is 0 Å². The predicted octanol–water partition coefficient (Wildman–Crippen LogP) is 3.25. The highest BCUT2D eigenvalue weighted by atomic mass is 16.1. The second-order valence-corrected chi connectivity index (χ2v) is 5.18. The number of benzene rings is 2. The Balaban J connectivity index is 1.75. The van der Waals surface area contributed by atoms with Crippen LogP contribution in [0.3, 0.4) is 0 Å². The van der Waals surface area contributed by atoms with Crippen LogP contribution in [0, 0.1) is 6.92 Å². The SMILES string of the molecule is Cc1ccccc1C(=O)NCCCN(C)c1ccccc1. The zero-order chi connectivity index (χ0) is 15.1. The molecule has 3 nitrogen and oxygen atoms in total. The van der Waals surface area contributed by atoms with Crippen molar-refractivity contribution in [2.45, 2.75) is 13.3 Å². The topological polar surface area (TPSA) is 32.3 Å². The highest BCUT2D eigenvalue weighted by Crippen LogP contribution is 2.11. The Morgan fingerprint density at radius 2 is 1.71 bits per heavy atom. The van der Waals surface area contributed by atoms with Gasteiger partial charge in [-0.1, -0.05) is 36.4 Å². The Hall–Kier alpha value is -2.29. The number of hydrogen-bond acceptors (Lipinski definition) is 2. The summed E-state index contributed by atoms with van der Waals surface area (Å²) in [6.07, 6.45) is 0.920. The third kappa shape index (κ3) is 4.35. The summed E-state index contributed by atoms with van der Waals surface area (Å²) in [5, 5.41) is 2.98. The Bertz CT molecular complexity index is 581. The number of nitrogens with zero attached hydrogens (tertiary/aromatic N) is 1. The summed E-state index contributed by atoms with van der Waals surface area (Å²) in [5.41, 5.74) is 2.97. The summed E-state index contributed by atoms with van der Waals surface area (Å²) in [6.45, 7) is 3.56. The van der Waals surface area contributed by atoms with Gasteiger partial charge in [0.15, 0.2) is 0 Å². The van der Waals surface area contributed by atoms with Gasteiger partial charge in [0.25, 0.3) is 5.91 Å². The van der Waals surface area contributed by atoms with Gasteiger partial charge in [0.2, 0.25) is 0 Å². The van der Waals surface area contributed by atoms with Gasteiger partial charge in [-0.15, -0.1) is 0 Å². The fourth-order valence-electron chi connectivity index (χ4n) is 2.25. The standard InChI is InChI=1S/C18H22N2O/c1-15-9-6-7-12-17(15)18(21)19-13-8-14-20(2)16-10-4-3-5-11-16/h3-7,9-12H,8,13-14H2,1-2H3,(H,19,21). The lowest BCUT2D eigenvalue weighted by molar-refractivity contribution is 0.0953. The van der Waals surface area contributed by atoms with E-state index in [1.54, 1.807) is 0 Å². The van der Waals surface area contributed by atoms with Crippen LogP contribution in [-0.2, 0) is 0 Å². The number of amides is 1. The van der Waals surface area contributed by atoms with Crippen molar-refractivity contribution in [3.63, 3.8) is 0 Å². The molecule has 0 heterocycles. The molecule has 0 aliphatic heterocycles. The van der Waals surface area contributed by atoms with E-state index in [1.165, 1.54) is 5.69 Å². The highest BCUT2D eigenvalue weighted by Gasteiger charge is 2.07. The number of para-hydroxylation sites is 1. The first-order valence-corrected chi connectivity index (χ1v) is 7.28. The molecule has 0 atom stereocenters. The van der Waals surface area contributed by atoms with Gasteiger partial charge in [-0.2, -0.15) is 0 Å². The molecular weight excluding hydrogens is 260 g/mol. The fraction of sp³-hybridized carbons (Fsp3) is 0.278. The monoisotopic (exact) mass is 282 g/mol. The van der Waals surface area contributed by atoms with Gasteiger partial charge in [-0.05, 0) is 37.1 Å². The smallest absolute Gasteiger partial charge is 0.251 e. The first-order chi connectivity index (χ1) is 10.2. The summed E-state index contributed by atoms with van der Waals surface area (Å²) in [7, 11) is 2.07. The zero-order valence-corrected chi connectivity index (χ0v) is 12.7. The Morgan fingerprint density at radius 1 is 1.05 bits per heavy atom. The minimum atomic E-state index is 0.00969. The van der Waals surface area contributed by atoms with Crippen LogP contribution < -0.4 is 10.2 Å². The second kappa shape index (κ2) is 7.48. The van der Waals surface area contributed by atoms with Crippen LogP contribution in [0.15, 0.2) is 54.6 Å². The Kier molecular flexibility index (Phi) is 5.38. The number of carbonyl (C=O) groups is 1. The minimum Gasteiger partial charge on any atom is -0.375 e. The molecule has 0 fully saturated rings. The van der Waals surface area contributed by atoms with Crippen molar-refractivity contribution in [3.05, 3.63) is 65.7 Å². The van der Waals surface area contributed by atoms with Gasteiger partial charge in [0, 0.05) is 31.4 Å². The molecule has 0 bridgehead atoms. The van der Waals surface area contributed by atoms with E-state index in [1.807, 2.05) is 49.4 Å². The summed E-state index contributed by atoms with van der Waals surface area (Å²) >= 11 is 0. The van der Waals surface area contributed by atoms with E-state index >= 15 is 0 Å². The van der Waals surface area contributed by atoms with Crippen LogP contribution in [0.2, 0.25) is 0 Å². The molecular formula is C18H22N2O.